The Morgan fingerprint density at radius 2 is 1.41 bits per heavy atom. The maximum Gasteiger partial charge on any atom is 0.155 e. The third-order valence-corrected chi connectivity index (χ3v) is 18.0. The third-order valence-electron chi connectivity index (χ3n) is 7.55. The first-order chi connectivity index (χ1) is 18.0. The van der Waals surface area contributed by atoms with Gasteiger partial charge in [0.2, 0.25) is 0 Å². The van der Waals surface area contributed by atoms with E-state index in [4.69, 9.17) is 10.1 Å². The first kappa shape index (κ1) is 29.5. The second-order valence-electron chi connectivity index (χ2n) is 11.1. The van der Waals surface area contributed by atoms with Crippen LogP contribution in [0.1, 0.15) is 13.8 Å². The number of fused-ring (bicyclic) bond motifs is 4. The molecule has 0 amide bonds. The van der Waals surface area contributed by atoms with Crippen molar-refractivity contribution >= 4 is 66.5 Å². The van der Waals surface area contributed by atoms with Crippen LogP contribution in [0.4, 0.5) is 0 Å². The maximum atomic E-state index is 10.0. The largest absolute Gasteiger partial charge is 0.512 e. The summed E-state index contributed by atoms with van der Waals surface area (Å²) in [5.74, 6) is -0.0625. The molecule has 7 heteroatoms. The number of carbonyl (C=O) groups excluding carboxylic acids is 1. The fourth-order valence-corrected chi connectivity index (χ4v) is 18.4. The quantitative estimate of drug-likeness (QED) is 0.112. The predicted octanol–water partition coefficient (Wildman–Crippen LogP) is 3.61. The van der Waals surface area contributed by atoms with Crippen molar-refractivity contribution in [1.82, 2.24) is 4.98 Å². The van der Waals surface area contributed by atoms with Gasteiger partial charge in [0, 0.05) is 32.4 Å². The number of benzene rings is 3. The van der Waals surface area contributed by atoms with Gasteiger partial charge < -0.3 is 10.1 Å². The molecule has 4 aromatic rings. The summed E-state index contributed by atoms with van der Waals surface area (Å²) in [5.41, 5.74) is 2.21. The van der Waals surface area contributed by atoms with Gasteiger partial charge in [-0.1, -0.05) is 100 Å². The van der Waals surface area contributed by atoms with Crippen molar-refractivity contribution in [2.24, 2.45) is 0 Å². The van der Waals surface area contributed by atoms with Gasteiger partial charge in [0.25, 0.3) is 0 Å². The minimum absolute atomic E-state index is 0. The Kier molecular flexibility index (Phi) is 8.47. The molecule has 1 atom stereocenters. The van der Waals surface area contributed by atoms with E-state index in [9.17, 15) is 4.79 Å². The number of hydrogen-bond acceptors (Lipinski definition) is 3. The maximum absolute atomic E-state index is 10.0. The average Bonchev–Trinajstić information content (AvgIpc) is 2.88. The molecule has 2 aliphatic heterocycles. The van der Waals surface area contributed by atoms with Crippen LogP contribution >= 0.6 is 7.92 Å². The molecule has 39 heavy (non-hydrogen) atoms. The van der Waals surface area contributed by atoms with E-state index in [2.05, 4.69) is 99.0 Å². The molecule has 0 fully saturated rings. The molecule has 3 heterocycles. The molecule has 1 unspecified atom stereocenters. The molecule has 1 radical (unpaired) electrons. The summed E-state index contributed by atoms with van der Waals surface area (Å²) in [4.78, 5) is 14.7. The van der Waals surface area contributed by atoms with Gasteiger partial charge in [-0.3, -0.25) is 4.79 Å². The summed E-state index contributed by atoms with van der Waals surface area (Å²) in [5, 5.41) is 19.5. The topological polar surface area (TPSA) is 50.2 Å². The van der Waals surface area contributed by atoms with Crippen LogP contribution in [0.2, 0.25) is 26.2 Å². The van der Waals surface area contributed by atoms with Gasteiger partial charge in [-0.2, -0.15) is 0 Å². The zero-order valence-electron chi connectivity index (χ0n) is 23.2. The van der Waals surface area contributed by atoms with Crippen molar-refractivity contribution in [3.8, 4) is 11.3 Å². The molecular formula is C32H33IrNO2PSi2-. The van der Waals surface area contributed by atoms with Crippen LogP contribution < -0.4 is 36.7 Å². The number of nitrogens with zero attached hydrogens (tertiary/aromatic N) is 1. The van der Waals surface area contributed by atoms with E-state index in [1.54, 1.807) is 31.5 Å². The molecule has 1 N–H and O–H groups in total. The van der Waals surface area contributed by atoms with Crippen LogP contribution in [0.25, 0.3) is 11.3 Å². The van der Waals surface area contributed by atoms with E-state index in [1.165, 1.54) is 30.7 Å². The second-order valence-corrected chi connectivity index (χ2v) is 21.7. The molecule has 2 aliphatic rings. The summed E-state index contributed by atoms with van der Waals surface area (Å²) in [7, 11) is -4.26. The smallest absolute Gasteiger partial charge is 0.155 e. The minimum atomic E-state index is -1.88. The Labute approximate surface area is 248 Å². The number of carbonyl (C=O) groups is 1. The Bertz CT molecular complexity index is 1500. The van der Waals surface area contributed by atoms with Crippen LogP contribution in [0, 0.1) is 6.07 Å². The molecule has 201 valence electrons. The molecule has 3 nitrogen and oxygen atoms in total. The fourth-order valence-electron chi connectivity index (χ4n) is 5.74. The zero-order valence-corrected chi connectivity index (χ0v) is 28.5. The van der Waals surface area contributed by atoms with Crippen molar-refractivity contribution in [3.63, 3.8) is 0 Å². The van der Waals surface area contributed by atoms with Gasteiger partial charge >= 0.3 is 0 Å². The van der Waals surface area contributed by atoms with Gasteiger partial charge in [-0.25, -0.2) is 0 Å². The van der Waals surface area contributed by atoms with Crippen LogP contribution in [-0.4, -0.2) is 32.0 Å². The van der Waals surface area contributed by atoms with E-state index in [1.807, 2.05) is 12.3 Å². The predicted molar refractivity (Wildman–Crippen MR) is 168 cm³/mol. The molecular weight excluding hydrogens is 710 g/mol. The van der Waals surface area contributed by atoms with Crippen molar-refractivity contribution in [3.05, 3.63) is 96.9 Å². The number of aromatic nitrogens is 1. The molecule has 0 saturated heterocycles. The SMILES string of the molecule is CC(=O)/C=C(/C)O.C[Si]1(C)c2[c-]c(-c3ccccn3)cc3c2P(c2ccccc21)c1ccccc1[Si]3(C)C.[Ir]. The van der Waals surface area contributed by atoms with Crippen molar-refractivity contribution in [2.75, 3.05) is 0 Å². The Hall–Kier alpha value is -2.47. The van der Waals surface area contributed by atoms with Gasteiger partial charge in [0.1, 0.15) is 0 Å². The molecule has 3 aromatic carbocycles. The summed E-state index contributed by atoms with van der Waals surface area (Å²) in [6, 6.07) is 31.2. The summed E-state index contributed by atoms with van der Waals surface area (Å²) >= 11 is 0. The first-order valence-electron chi connectivity index (χ1n) is 12.9. The monoisotopic (exact) mass is 743 g/mol. The van der Waals surface area contributed by atoms with Gasteiger partial charge in [0.15, 0.2) is 5.78 Å². The second kappa shape index (κ2) is 11.2. The summed E-state index contributed by atoms with van der Waals surface area (Å²) < 4.78 is 0. The van der Waals surface area contributed by atoms with Crippen LogP contribution in [-0.2, 0) is 24.9 Å². The number of ketones is 1. The standard InChI is InChI=1S/C27H25NPSi2.C5H8O2.Ir/c1-30(2)23-14-7-5-12-21(23)29-22-13-6-8-15-24(22)31(3,4)26-18-19(17-25(30)27(26)29)20-11-9-10-16-28-20;1-4(6)3-5(2)7;/h5-17H,1-4H3;3,6H,1-2H3;/q-1;;/b;4-3-;. The number of aliphatic hydroxyl groups is 1. The van der Waals surface area contributed by atoms with Crippen LogP contribution in [0.3, 0.4) is 0 Å². The van der Waals surface area contributed by atoms with Crippen molar-refractivity contribution in [2.45, 2.75) is 40.0 Å². The van der Waals surface area contributed by atoms with Crippen molar-refractivity contribution < 1.29 is 30.0 Å². The fraction of sp³-hybridized carbons (Fsp3) is 0.188. The van der Waals surface area contributed by atoms with Crippen LogP contribution in [0.15, 0.2) is 90.8 Å². The van der Waals surface area contributed by atoms with E-state index >= 15 is 0 Å². The van der Waals surface area contributed by atoms with Crippen LogP contribution in [0.5, 0.6) is 0 Å². The number of allylic oxidation sites excluding steroid dienone is 2. The third kappa shape index (κ3) is 5.21. The number of pyridine rings is 1. The number of aliphatic hydroxyl groups excluding tert-OH is 1. The van der Waals surface area contributed by atoms with E-state index in [0.717, 1.165) is 5.69 Å². The Balaban J connectivity index is 0.000000394. The number of rotatable bonds is 2. The summed E-state index contributed by atoms with van der Waals surface area (Å²) in [6.45, 7) is 12.9. The molecule has 0 aliphatic carbocycles. The normalized spacial score (nSPS) is 17.3. The minimum Gasteiger partial charge on any atom is -0.512 e. The van der Waals surface area contributed by atoms with E-state index < -0.39 is 24.1 Å². The number of hydrogen-bond donors (Lipinski definition) is 1. The zero-order chi connectivity index (χ0) is 27.2. The molecule has 0 bridgehead atoms. The molecule has 6 rings (SSSR count). The van der Waals surface area contributed by atoms with Gasteiger partial charge in [-0.15, -0.1) is 28.1 Å². The average molecular weight is 743 g/mol. The Morgan fingerprint density at radius 3 is 1.92 bits per heavy atom. The summed E-state index contributed by atoms with van der Waals surface area (Å²) in [6.07, 6.45) is 3.07. The molecule has 0 saturated carbocycles. The van der Waals surface area contributed by atoms with Gasteiger partial charge in [-0.05, 0) is 46.6 Å². The van der Waals surface area contributed by atoms with E-state index in [0.29, 0.717) is 0 Å². The first-order valence-corrected chi connectivity index (χ1v) is 20.3. The molecule has 1 aromatic heterocycles. The van der Waals surface area contributed by atoms with Crippen molar-refractivity contribution in [1.29, 1.82) is 0 Å². The van der Waals surface area contributed by atoms with Gasteiger partial charge in [0.05, 0.1) is 21.9 Å². The Morgan fingerprint density at radius 1 is 0.846 bits per heavy atom. The molecule has 0 spiro atoms. The van der Waals surface area contributed by atoms with E-state index in [-0.39, 0.29) is 31.6 Å².